The number of fused-ring (bicyclic) bond motifs is 1. The van der Waals surface area contributed by atoms with Crippen molar-refractivity contribution < 1.29 is 0 Å². The summed E-state index contributed by atoms with van der Waals surface area (Å²) >= 11 is 0. The molecule has 0 amide bonds. The van der Waals surface area contributed by atoms with Crippen LogP contribution in [0.3, 0.4) is 0 Å². The zero-order chi connectivity index (χ0) is 6.27. The number of hydrogen-bond donors (Lipinski definition) is 0. The highest BCUT2D eigenvalue weighted by Crippen LogP contribution is 2.52. The molecule has 0 aromatic rings. The smallest absolute Gasteiger partial charge is 0.0131 e. The van der Waals surface area contributed by atoms with Crippen LogP contribution in [0.5, 0.6) is 0 Å². The third-order valence-corrected chi connectivity index (χ3v) is 2.13. The molecular formula is C9H10. The summed E-state index contributed by atoms with van der Waals surface area (Å²) in [5.74, 6) is 1.65. The van der Waals surface area contributed by atoms with Crippen molar-refractivity contribution in [2.75, 3.05) is 0 Å². The molecule has 2 rings (SSSR count). The minimum absolute atomic E-state index is 0.793. The van der Waals surface area contributed by atoms with Crippen LogP contribution in [-0.2, 0) is 0 Å². The van der Waals surface area contributed by atoms with Gasteiger partial charge in [-0.1, -0.05) is 12.2 Å². The monoisotopic (exact) mass is 118 g/mol. The van der Waals surface area contributed by atoms with Gasteiger partial charge >= 0.3 is 0 Å². The normalized spacial score (nSPS) is 35.9. The van der Waals surface area contributed by atoms with Crippen LogP contribution in [0.15, 0.2) is 29.5 Å². The molecule has 0 nitrogen and oxygen atoms in total. The zero-order valence-corrected chi connectivity index (χ0v) is 5.59. The van der Waals surface area contributed by atoms with Gasteiger partial charge in [0.15, 0.2) is 0 Å². The van der Waals surface area contributed by atoms with Crippen LogP contribution < -0.4 is 0 Å². The fourth-order valence-corrected chi connectivity index (χ4v) is 1.59. The molecule has 46 valence electrons. The lowest BCUT2D eigenvalue weighted by atomic mass is 10.3. The first-order chi connectivity index (χ1) is 4.43. The molecule has 0 bridgehead atoms. The Morgan fingerprint density at radius 2 is 2.67 bits per heavy atom. The minimum atomic E-state index is 0.793. The van der Waals surface area contributed by atoms with Crippen molar-refractivity contribution in [3.05, 3.63) is 29.5 Å². The van der Waals surface area contributed by atoms with Crippen LogP contribution in [0.25, 0.3) is 0 Å². The zero-order valence-electron chi connectivity index (χ0n) is 5.59. The Balaban J connectivity index is 2.27. The highest BCUT2D eigenvalue weighted by molar-refractivity contribution is 5.39. The maximum absolute atomic E-state index is 3.26. The van der Waals surface area contributed by atoms with E-state index < -0.39 is 0 Å². The highest BCUT2D eigenvalue weighted by atomic mass is 14.5. The van der Waals surface area contributed by atoms with Crippen molar-refractivity contribution in [1.82, 2.24) is 0 Å². The fourth-order valence-electron chi connectivity index (χ4n) is 1.59. The molecule has 0 heterocycles. The van der Waals surface area contributed by atoms with Crippen molar-refractivity contribution in [1.29, 1.82) is 0 Å². The summed E-state index contributed by atoms with van der Waals surface area (Å²) in [5, 5.41) is 0. The van der Waals surface area contributed by atoms with Crippen molar-refractivity contribution >= 4 is 0 Å². The maximum atomic E-state index is 3.26. The highest BCUT2D eigenvalue weighted by Gasteiger charge is 2.43. The van der Waals surface area contributed by atoms with Gasteiger partial charge in [0, 0.05) is 11.8 Å². The van der Waals surface area contributed by atoms with E-state index in [0.717, 1.165) is 11.8 Å². The summed E-state index contributed by atoms with van der Waals surface area (Å²) in [4.78, 5) is 0. The molecule has 9 heavy (non-hydrogen) atoms. The molecule has 0 unspecified atom stereocenters. The number of hydrogen-bond acceptors (Lipinski definition) is 0. The van der Waals surface area contributed by atoms with E-state index in [9.17, 15) is 0 Å². The quantitative estimate of drug-likeness (QED) is 0.338. The number of rotatable bonds is 0. The second-order valence-corrected chi connectivity index (χ2v) is 2.68. The molecule has 0 spiro atoms. The Morgan fingerprint density at radius 3 is 3.22 bits per heavy atom. The molecule has 0 radical (unpaired) electrons. The molecular weight excluding hydrogens is 108 g/mol. The summed E-state index contributed by atoms with van der Waals surface area (Å²) in [6.45, 7) is 2.03. The van der Waals surface area contributed by atoms with Crippen LogP contribution in [-0.4, -0.2) is 0 Å². The van der Waals surface area contributed by atoms with Crippen molar-refractivity contribution in [3.63, 3.8) is 0 Å². The van der Waals surface area contributed by atoms with Gasteiger partial charge in [-0.15, -0.1) is 5.73 Å². The Bertz CT molecular complexity index is 214. The molecule has 1 saturated carbocycles. The molecule has 2 aliphatic carbocycles. The Hall–Kier alpha value is -0.740. The first-order valence-corrected chi connectivity index (χ1v) is 3.51. The van der Waals surface area contributed by atoms with Crippen molar-refractivity contribution in [3.8, 4) is 0 Å². The van der Waals surface area contributed by atoms with E-state index in [4.69, 9.17) is 0 Å². The van der Waals surface area contributed by atoms with E-state index >= 15 is 0 Å². The molecule has 2 atom stereocenters. The molecule has 0 aromatic carbocycles. The second kappa shape index (κ2) is 1.62. The SMILES string of the molecule is CC=C=C1[C@H]2CC=C[C@@H]12. The van der Waals surface area contributed by atoms with Gasteiger partial charge in [-0.3, -0.25) is 0 Å². The van der Waals surface area contributed by atoms with E-state index in [0.29, 0.717) is 0 Å². The van der Waals surface area contributed by atoms with Gasteiger partial charge in [-0.2, -0.15) is 0 Å². The summed E-state index contributed by atoms with van der Waals surface area (Å²) in [7, 11) is 0. The molecule has 0 heteroatoms. The summed E-state index contributed by atoms with van der Waals surface area (Å²) < 4.78 is 0. The Kier molecular flexibility index (Phi) is 0.913. The van der Waals surface area contributed by atoms with E-state index in [1.54, 1.807) is 0 Å². The minimum Gasteiger partial charge on any atom is -0.125 e. The van der Waals surface area contributed by atoms with E-state index in [1.807, 2.05) is 13.0 Å². The molecule has 0 aromatic heterocycles. The maximum Gasteiger partial charge on any atom is 0.0131 e. The average Bonchev–Trinajstić information content (AvgIpc) is 2.39. The lowest BCUT2D eigenvalue weighted by Gasteiger charge is -1.76. The summed E-state index contributed by atoms with van der Waals surface area (Å²) in [5.41, 5.74) is 4.79. The van der Waals surface area contributed by atoms with Crippen LogP contribution >= 0.6 is 0 Å². The lowest BCUT2D eigenvalue weighted by Crippen LogP contribution is -1.63. The molecule has 1 fully saturated rings. The molecule has 0 aliphatic heterocycles. The largest absolute Gasteiger partial charge is 0.125 e. The van der Waals surface area contributed by atoms with Gasteiger partial charge in [0.25, 0.3) is 0 Å². The first-order valence-electron chi connectivity index (χ1n) is 3.51. The predicted molar refractivity (Wildman–Crippen MR) is 38.0 cm³/mol. The lowest BCUT2D eigenvalue weighted by molar-refractivity contribution is 0.869. The van der Waals surface area contributed by atoms with Crippen LogP contribution in [0.2, 0.25) is 0 Å². The number of allylic oxidation sites excluding steroid dienone is 3. The van der Waals surface area contributed by atoms with Gasteiger partial charge in [0.2, 0.25) is 0 Å². The van der Waals surface area contributed by atoms with Gasteiger partial charge in [0.1, 0.15) is 0 Å². The van der Waals surface area contributed by atoms with E-state index in [1.165, 1.54) is 12.0 Å². The van der Waals surface area contributed by atoms with Gasteiger partial charge in [-0.05, 0) is 25.0 Å². The Labute approximate surface area is 55.6 Å². The van der Waals surface area contributed by atoms with Gasteiger partial charge in [0.05, 0.1) is 0 Å². The van der Waals surface area contributed by atoms with Crippen LogP contribution in [0, 0.1) is 11.8 Å². The van der Waals surface area contributed by atoms with Crippen LogP contribution in [0.4, 0.5) is 0 Å². The average molecular weight is 118 g/mol. The molecule has 0 N–H and O–H groups in total. The fraction of sp³-hybridized carbons (Fsp3) is 0.444. The molecule has 0 saturated heterocycles. The third-order valence-electron chi connectivity index (χ3n) is 2.13. The van der Waals surface area contributed by atoms with Crippen molar-refractivity contribution in [2.24, 2.45) is 11.8 Å². The predicted octanol–water partition coefficient (Wildman–Crippen LogP) is 2.29. The van der Waals surface area contributed by atoms with Crippen molar-refractivity contribution in [2.45, 2.75) is 13.3 Å². The van der Waals surface area contributed by atoms with Gasteiger partial charge in [-0.25, -0.2) is 0 Å². The Morgan fingerprint density at radius 1 is 1.78 bits per heavy atom. The topological polar surface area (TPSA) is 0 Å². The standard InChI is InChI=1S/C9H10/c1-2-4-7-8-5-3-6-9(7)8/h2-3,5,8-9H,6H2,1H3/t4?,8-,9+/m0/s1. The molecule has 2 aliphatic rings. The van der Waals surface area contributed by atoms with Crippen LogP contribution in [0.1, 0.15) is 13.3 Å². The summed E-state index contributed by atoms with van der Waals surface area (Å²) in [6, 6.07) is 0. The van der Waals surface area contributed by atoms with Gasteiger partial charge < -0.3 is 0 Å². The first kappa shape index (κ1) is 5.08. The second-order valence-electron chi connectivity index (χ2n) is 2.68. The summed E-state index contributed by atoms with van der Waals surface area (Å²) in [6.07, 6.45) is 7.86. The van der Waals surface area contributed by atoms with E-state index in [2.05, 4.69) is 17.9 Å². The third kappa shape index (κ3) is 0.602. The van der Waals surface area contributed by atoms with E-state index in [-0.39, 0.29) is 0 Å².